The summed E-state index contributed by atoms with van der Waals surface area (Å²) in [7, 11) is 3.25. The van der Waals surface area contributed by atoms with Crippen LogP contribution in [-0.2, 0) is 11.8 Å². The van der Waals surface area contributed by atoms with E-state index in [9.17, 15) is 19.5 Å². The van der Waals surface area contributed by atoms with Crippen molar-refractivity contribution in [1.82, 2.24) is 20.1 Å². The number of carbonyl (C=O) groups is 1. The molecule has 1 fully saturated rings. The molecule has 0 aromatic carbocycles. The number of thioether (sulfide) groups is 1. The van der Waals surface area contributed by atoms with E-state index in [1.165, 1.54) is 16.4 Å². The van der Waals surface area contributed by atoms with Crippen molar-refractivity contribution in [3.63, 3.8) is 0 Å². The van der Waals surface area contributed by atoms with E-state index in [0.717, 1.165) is 12.8 Å². The van der Waals surface area contributed by atoms with Gasteiger partial charge in [0, 0.05) is 12.3 Å². The molecule has 2 rings (SSSR count). The van der Waals surface area contributed by atoms with Gasteiger partial charge in [0.2, 0.25) is 0 Å². The first-order chi connectivity index (χ1) is 9.88. The van der Waals surface area contributed by atoms with Crippen molar-refractivity contribution in [2.24, 2.45) is 7.05 Å². The minimum Gasteiger partial charge on any atom is -0.480 e. The largest absolute Gasteiger partial charge is 0.480 e. The molecule has 0 radical (unpaired) electrons. The zero-order chi connectivity index (χ0) is 15.6. The molecular weight excluding hydrogens is 296 g/mol. The minimum atomic E-state index is -0.934. The second-order valence-electron chi connectivity index (χ2n) is 5.17. The highest BCUT2D eigenvalue weighted by molar-refractivity contribution is 7.99. The van der Waals surface area contributed by atoms with Gasteiger partial charge < -0.3 is 10.4 Å². The summed E-state index contributed by atoms with van der Waals surface area (Å²) in [6.07, 6.45) is 2.64. The number of aromatic amines is 1. The van der Waals surface area contributed by atoms with Gasteiger partial charge in [-0.15, -0.1) is 0 Å². The molecule has 1 aromatic rings. The van der Waals surface area contributed by atoms with Gasteiger partial charge in [-0.2, -0.15) is 4.98 Å². The Morgan fingerprint density at radius 2 is 2.29 bits per heavy atom. The number of nitrogens with one attached hydrogen (secondary N) is 2. The highest BCUT2D eigenvalue weighted by Gasteiger charge is 2.42. The predicted molar refractivity (Wildman–Crippen MR) is 77.6 cm³/mol. The Morgan fingerprint density at radius 3 is 2.90 bits per heavy atom. The average molecular weight is 314 g/mol. The topological polar surface area (TPSA) is 117 Å². The van der Waals surface area contributed by atoms with Crippen LogP contribution in [0.3, 0.4) is 0 Å². The van der Waals surface area contributed by atoms with E-state index in [-0.39, 0.29) is 5.25 Å². The minimum absolute atomic E-state index is 0.0197. The van der Waals surface area contributed by atoms with E-state index >= 15 is 0 Å². The maximum Gasteiger partial charge on any atom is 0.339 e. The summed E-state index contributed by atoms with van der Waals surface area (Å²) in [5.41, 5.74) is -2.53. The fourth-order valence-electron chi connectivity index (χ4n) is 2.57. The number of aromatic nitrogens is 3. The van der Waals surface area contributed by atoms with Gasteiger partial charge in [0.05, 0.1) is 0 Å². The first-order valence-electron chi connectivity index (χ1n) is 6.64. The zero-order valence-electron chi connectivity index (χ0n) is 11.9. The molecule has 1 heterocycles. The van der Waals surface area contributed by atoms with Crippen molar-refractivity contribution in [3.05, 3.63) is 20.7 Å². The standard InChI is InChI=1S/C12H18N4O4S/c1-13-12(10(19)20)5-3-4-7(6-12)21-11-14-8(17)9(18)15-16(11)2/h7,13H,3-6H2,1-2H3,(H,15,18)(H,19,20). The Labute approximate surface area is 124 Å². The lowest BCUT2D eigenvalue weighted by molar-refractivity contribution is -0.146. The van der Waals surface area contributed by atoms with E-state index in [1.54, 1.807) is 14.1 Å². The van der Waals surface area contributed by atoms with Crippen LogP contribution in [0.15, 0.2) is 14.7 Å². The van der Waals surface area contributed by atoms with Gasteiger partial charge in [0.1, 0.15) is 5.54 Å². The molecule has 2 unspecified atom stereocenters. The number of likely N-dealkylation sites (N-methyl/N-ethyl adjacent to an activating group) is 1. The van der Waals surface area contributed by atoms with E-state index < -0.39 is 22.6 Å². The molecule has 0 amide bonds. The molecule has 0 aliphatic heterocycles. The number of rotatable bonds is 4. The molecule has 1 aliphatic rings. The highest BCUT2D eigenvalue weighted by Crippen LogP contribution is 2.37. The third kappa shape index (κ3) is 3.18. The SMILES string of the molecule is CNC1(C(=O)O)CCCC(Sc2nc(=O)c(=O)[nH]n2C)C1. The van der Waals surface area contributed by atoms with Crippen LogP contribution in [-0.4, -0.2) is 43.7 Å². The van der Waals surface area contributed by atoms with Crippen molar-refractivity contribution in [2.75, 3.05) is 7.05 Å². The van der Waals surface area contributed by atoms with Gasteiger partial charge >= 0.3 is 17.1 Å². The van der Waals surface area contributed by atoms with Crippen LogP contribution in [0.2, 0.25) is 0 Å². The van der Waals surface area contributed by atoms with Crippen molar-refractivity contribution < 1.29 is 9.90 Å². The van der Waals surface area contributed by atoms with E-state index in [1.807, 2.05) is 0 Å². The van der Waals surface area contributed by atoms with Gasteiger partial charge in [-0.3, -0.25) is 24.2 Å². The van der Waals surface area contributed by atoms with Gasteiger partial charge in [-0.25, -0.2) is 0 Å². The van der Waals surface area contributed by atoms with E-state index in [4.69, 9.17) is 0 Å². The quantitative estimate of drug-likeness (QED) is 0.644. The molecule has 0 saturated heterocycles. The summed E-state index contributed by atoms with van der Waals surface area (Å²) in [4.78, 5) is 37.7. The maximum atomic E-state index is 11.5. The number of carboxylic acids is 1. The molecule has 21 heavy (non-hydrogen) atoms. The van der Waals surface area contributed by atoms with E-state index in [0.29, 0.717) is 18.0 Å². The number of H-pyrrole nitrogens is 1. The summed E-state index contributed by atoms with van der Waals surface area (Å²) in [5.74, 6) is -0.862. The highest BCUT2D eigenvalue weighted by atomic mass is 32.2. The molecule has 0 bridgehead atoms. The molecule has 8 nitrogen and oxygen atoms in total. The van der Waals surface area contributed by atoms with Crippen LogP contribution in [0.1, 0.15) is 25.7 Å². The number of hydrogen-bond acceptors (Lipinski definition) is 6. The zero-order valence-corrected chi connectivity index (χ0v) is 12.7. The Hall–Kier alpha value is -1.61. The Balaban J connectivity index is 2.20. The maximum absolute atomic E-state index is 11.5. The first-order valence-corrected chi connectivity index (χ1v) is 7.52. The molecule has 1 saturated carbocycles. The van der Waals surface area contributed by atoms with Gasteiger partial charge in [0.15, 0.2) is 5.16 Å². The molecule has 3 N–H and O–H groups in total. The van der Waals surface area contributed by atoms with Crippen molar-refractivity contribution in [2.45, 2.75) is 41.6 Å². The van der Waals surface area contributed by atoms with Crippen LogP contribution >= 0.6 is 11.8 Å². The number of carboxylic acid groups (broad SMARTS) is 1. The lowest BCUT2D eigenvalue weighted by atomic mass is 9.81. The molecule has 2 atom stereocenters. The summed E-state index contributed by atoms with van der Waals surface area (Å²) in [6.45, 7) is 0. The molecule has 1 aromatic heterocycles. The van der Waals surface area contributed by atoms with Crippen LogP contribution in [0.5, 0.6) is 0 Å². The summed E-state index contributed by atoms with van der Waals surface area (Å²) < 4.78 is 1.39. The van der Waals surface area contributed by atoms with Gasteiger partial charge in [-0.05, 0) is 32.7 Å². The second-order valence-corrected chi connectivity index (χ2v) is 6.44. The first kappa shape index (κ1) is 15.8. The lowest BCUT2D eigenvalue weighted by Gasteiger charge is -2.36. The van der Waals surface area contributed by atoms with Gasteiger partial charge in [0.25, 0.3) is 0 Å². The van der Waals surface area contributed by atoms with Crippen molar-refractivity contribution in [1.29, 1.82) is 0 Å². The van der Waals surface area contributed by atoms with Crippen molar-refractivity contribution in [3.8, 4) is 0 Å². The normalized spacial score (nSPS) is 25.7. The molecule has 0 spiro atoms. The Kier molecular flexibility index (Phi) is 4.52. The number of nitrogens with zero attached hydrogens (tertiary/aromatic N) is 2. The van der Waals surface area contributed by atoms with Crippen molar-refractivity contribution >= 4 is 17.7 Å². The molecular formula is C12H18N4O4S. The number of aliphatic carboxylic acids is 1. The van der Waals surface area contributed by atoms with Crippen LogP contribution < -0.4 is 16.4 Å². The summed E-state index contributed by atoms with van der Waals surface area (Å²) >= 11 is 1.33. The third-order valence-corrected chi connectivity index (χ3v) is 5.13. The summed E-state index contributed by atoms with van der Waals surface area (Å²) in [5, 5.41) is 15.1. The number of aryl methyl sites for hydroxylation is 1. The van der Waals surface area contributed by atoms with E-state index in [2.05, 4.69) is 15.4 Å². The molecule has 116 valence electrons. The molecule has 1 aliphatic carbocycles. The molecule has 9 heteroatoms. The monoisotopic (exact) mass is 314 g/mol. The average Bonchev–Trinajstić information content (AvgIpc) is 2.44. The Bertz CT molecular complexity index is 655. The second kappa shape index (κ2) is 6.02. The van der Waals surface area contributed by atoms with Crippen LogP contribution in [0.25, 0.3) is 0 Å². The summed E-state index contributed by atoms with van der Waals surface area (Å²) in [6, 6.07) is 0. The van der Waals surface area contributed by atoms with Crippen LogP contribution in [0, 0.1) is 0 Å². The fraction of sp³-hybridized carbons (Fsp3) is 0.667. The smallest absolute Gasteiger partial charge is 0.339 e. The van der Waals surface area contributed by atoms with Crippen LogP contribution in [0.4, 0.5) is 0 Å². The Morgan fingerprint density at radius 1 is 1.57 bits per heavy atom. The lowest BCUT2D eigenvalue weighted by Crippen LogP contribution is -2.54. The number of hydrogen-bond donors (Lipinski definition) is 3. The predicted octanol–water partition coefficient (Wildman–Crippen LogP) is -0.454. The fourth-order valence-corrected chi connectivity index (χ4v) is 3.86. The van der Waals surface area contributed by atoms with Gasteiger partial charge in [-0.1, -0.05) is 11.8 Å². The third-order valence-electron chi connectivity index (χ3n) is 3.81.